The Morgan fingerprint density at radius 3 is 2.60 bits per heavy atom. The number of amides is 2. The number of aromatic nitrogens is 1. The molecule has 0 bridgehead atoms. The Labute approximate surface area is 147 Å². The van der Waals surface area contributed by atoms with E-state index in [0.717, 1.165) is 24.5 Å². The largest absolute Gasteiger partial charge is 0.481 e. The molecule has 2 amide bonds. The van der Waals surface area contributed by atoms with E-state index in [-0.39, 0.29) is 31.2 Å². The number of rotatable bonds is 6. The molecule has 1 aliphatic rings. The number of anilines is 1. The molecule has 0 spiro atoms. The summed E-state index contributed by atoms with van der Waals surface area (Å²) in [5.74, 6) is -0.0261. The fourth-order valence-electron chi connectivity index (χ4n) is 2.75. The average Bonchev–Trinajstić information content (AvgIpc) is 2.57. The van der Waals surface area contributed by atoms with E-state index in [9.17, 15) is 9.59 Å². The fraction of sp³-hybridized carbons (Fsp3) is 0.588. The van der Waals surface area contributed by atoms with Gasteiger partial charge in [0.1, 0.15) is 5.82 Å². The van der Waals surface area contributed by atoms with Crippen molar-refractivity contribution in [1.82, 2.24) is 15.2 Å². The van der Waals surface area contributed by atoms with Gasteiger partial charge in [0.05, 0.1) is 18.6 Å². The first-order valence-corrected chi connectivity index (χ1v) is 8.41. The molecular formula is C17H26N4O4. The molecule has 8 heteroatoms. The highest BCUT2D eigenvalue weighted by molar-refractivity contribution is 5.75. The van der Waals surface area contributed by atoms with Crippen LogP contribution in [0.25, 0.3) is 0 Å². The van der Waals surface area contributed by atoms with E-state index in [1.165, 1.54) is 4.90 Å². The van der Waals surface area contributed by atoms with Gasteiger partial charge >= 0.3 is 12.0 Å². The van der Waals surface area contributed by atoms with E-state index in [2.05, 4.69) is 15.2 Å². The predicted octanol–water partition coefficient (Wildman–Crippen LogP) is 1.31. The SMILES string of the molecule is CC1CN(c2ccc(CNC(=O)N(C)CCC(=O)O)cn2)CC(C)O1. The van der Waals surface area contributed by atoms with Crippen molar-refractivity contribution in [3.05, 3.63) is 23.9 Å². The number of morpholine rings is 1. The minimum Gasteiger partial charge on any atom is -0.481 e. The quantitative estimate of drug-likeness (QED) is 0.803. The summed E-state index contributed by atoms with van der Waals surface area (Å²) >= 11 is 0. The zero-order chi connectivity index (χ0) is 18.4. The molecule has 1 aromatic heterocycles. The molecule has 25 heavy (non-hydrogen) atoms. The van der Waals surface area contributed by atoms with Gasteiger partial charge in [-0.3, -0.25) is 4.79 Å². The van der Waals surface area contributed by atoms with Gasteiger partial charge in [0.2, 0.25) is 0 Å². The predicted molar refractivity (Wildman–Crippen MR) is 93.6 cm³/mol. The maximum Gasteiger partial charge on any atom is 0.317 e. The van der Waals surface area contributed by atoms with Gasteiger partial charge in [-0.2, -0.15) is 0 Å². The van der Waals surface area contributed by atoms with Crippen LogP contribution in [-0.2, 0) is 16.1 Å². The Kier molecular flexibility index (Phi) is 6.58. The Morgan fingerprint density at radius 1 is 1.36 bits per heavy atom. The van der Waals surface area contributed by atoms with Crippen LogP contribution in [-0.4, -0.2) is 65.9 Å². The van der Waals surface area contributed by atoms with Gasteiger partial charge in [0.15, 0.2) is 0 Å². The second-order valence-electron chi connectivity index (χ2n) is 6.41. The van der Waals surface area contributed by atoms with Crippen LogP contribution in [0.2, 0.25) is 0 Å². The minimum atomic E-state index is -0.925. The second kappa shape index (κ2) is 8.66. The first-order chi connectivity index (χ1) is 11.8. The topological polar surface area (TPSA) is 95.0 Å². The maximum absolute atomic E-state index is 11.9. The number of urea groups is 1. The van der Waals surface area contributed by atoms with Gasteiger partial charge in [-0.25, -0.2) is 9.78 Å². The smallest absolute Gasteiger partial charge is 0.317 e. The van der Waals surface area contributed by atoms with E-state index in [4.69, 9.17) is 9.84 Å². The molecule has 2 heterocycles. The first kappa shape index (κ1) is 19.0. The van der Waals surface area contributed by atoms with Crippen molar-refractivity contribution in [2.45, 2.75) is 39.0 Å². The van der Waals surface area contributed by atoms with Crippen LogP contribution >= 0.6 is 0 Å². The van der Waals surface area contributed by atoms with Crippen LogP contribution in [0.5, 0.6) is 0 Å². The van der Waals surface area contributed by atoms with Gasteiger partial charge in [-0.1, -0.05) is 6.07 Å². The lowest BCUT2D eigenvalue weighted by Gasteiger charge is -2.36. The van der Waals surface area contributed by atoms with E-state index in [0.29, 0.717) is 6.54 Å². The van der Waals surface area contributed by atoms with Crippen LogP contribution in [0.3, 0.4) is 0 Å². The first-order valence-electron chi connectivity index (χ1n) is 8.41. The molecule has 1 aromatic rings. The number of carboxylic acid groups (broad SMARTS) is 1. The summed E-state index contributed by atoms with van der Waals surface area (Å²) in [6.45, 7) is 6.23. The Hall–Kier alpha value is -2.35. The Bertz CT molecular complexity index is 583. The van der Waals surface area contributed by atoms with Crippen molar-refractivity contribution in [3.8, 4) is 0 Å². The number of hydrogen-bond donors (Lipinski definition) is 2. The molecule has 2 N–H and O–H groups in total. The second-order valence-corrected chi connectivity index (χ2v) is 6.41. The van der Waals surface area contributed by atoms with Crippen LogP contribution < -0.4 is 10.2 Å². The number of hydrogen-bond acceptors (Lipinski definition) is 5. The molecule has 1 aliphatic heterocycles. The summed E-state index contributed by atoms with van der Waals surface area (Å²) in [5.41, 5.74) is 0.887. The van der Waals surface area contributed by atoms with Crippen LogP contribution in [0, 0.1) is 0 Å². The molecule has 1 saturated heterocycles. The summed E-state index contributed by atoms with van der Waals surface area (Å²) in [5, 5.41) is 11.4. The summed E-state index contributed by atoms with van der Waals surface area (Å²) < 4.78 is 5.73. The highest BCUT2D eigenvalue weighted by Gasteiger charge is 2.23. The van der Waals surface area contributed by atoms with Gasteiger partial charge in [-0.05, 0) is 25.5 Å². The summed E-state index contributed by atoms with van der Waals surface area (Å²) in [6, 6.07) is 3.58. The molecule has 2 rings (SSSR count). The molecule has 0 aliphatic carbocycles. The summed E-state index contributed by atoms with van der Waals surface area (Å²) in [6.07, 6.45) is 2.02. The highest BCUT2D eigenvalue weighted by atomic mass is 16.5. The van der Waals surface area contributed by atoms with Gasteiger partial charge in [0.25, 0.3) is 0 Å². The molecule has 2 unspecified atom stereocenters. The van der Waals surface area contributed by atoms with Crippen molar-refractivity contribution < 1.29 is 19.4 Å². The Morgan fingerprint density at radius 2 is 2.04 bits per heavy atom. The van der Waals surface area contributed by atoms with Crippen molar-refractivity contribution >= 4 is 17.8 Å². The van der Waals surface area contributed by atoms with Crippen LogP contribution in [0.15, 0.2) is 18.3 Å². The fourth-order valence-corrected chi connectivity index (χ4v) is 2.75. The van der Waals surface area contributed by atoms with Crippen molar-refractivity contribution in [2.24, 2.45) is 0 Å². The molecule has 0 radical (unpaired) electrons. The third kappa shape index (κ3) is 5.90. The van der Waals surface area contributed by atoms with Crippen LogP contribution in [0.4, 0.5) is 10.6 Å². The zero-order valence-corrected chi connectivity index (χ0v) is 14.9. The molecule has 8 nitrogen and oxygen atoms in total. The monoisotopic (exact) mass is 350 g/mol. The number of aliphatic carboxylic acids is 1. The number of pyridine rings is 1. The molecule has 2 atom stereocenters. The third-order valence-electron chi connectivity index (χ3n) is 4.00. The molecule has 138 valence electrons. The van der Waals surface area contributed by atoms with Crippen molar-refractivity contribution in [3.63, 3.8) is 0 Å². The lowest BCUT2D eigenvalue weighted by Crippen LogP contribution is -2.45. The van der Waals surface area contributed by atoms with Crippen molar-refractivity contribution in [1.29, 1.82) is 0 Å². The molecule has 0 saturated carbocycles. The number of nitrogens with zero attached hydrogens (tertiary/aromatic N) is 3. The van der Waals surface area contributed by atoms with Gasteiger partial charge < -0.3 is 25.0 Å². The Balaban J connectivity index is 1.84. The van der Waals surface area contributed by atoms with E-state index in [1.54, 1.807) is 13.2 Å². The zero-order valence-electron chi connectivity index (χ0n) is 14.9. The van der Waals surface area contributed by atoms with Gasteiger partial charge in [0, 0.05) is 39.4 Å². The number of carbonyl (C=O) groups excluding carboxylic acids is 1. The van der Waals surface area contributed by atoms with Gasteiger partial charge in [-0.15, -0.1) is 0 Å². The number of carbonyl (C=O) groups is 2. The van der Waals surface area contributed by atoms with E-state index >= 15 is 0 Å². The normalized spacial score (nSPS) is 20.2. The number of ether oxygens (including phenoxy) is 1. The average molecular weight is 350 g/mol. The molecule has 0 aromatic carbocycles. The summed E-state index contributed by atoms with van der Waals surface area (Å²) in [7, 11) is 1.57. The standard InChI is InChI=1S/C17H26N4O4/c1-12-10-21(11-13(2)25-12)15-5-4-14(8-18-15)9-19-17(24)20(3)7-6-16(22)23/h4-5,8,12-13H,6-7,9-11H2,1-3H3,(H,19,24)(H,22,23). The minimum absolute atomic E-state index is 0.0729. The molecule has 1 fully saturated rings. The van der Waals surface area contributed by atoms with E-state index in [1.807, 2.05) is 26.0 Å². The highest BCUT2D eigenvalue weighted by Crippen LogP contribution is 2.18. The number of nitrogens with one attached hydrogen (secondary N) is 1. The molecular weight excluding hydrogens is 324 g/mol. The lowest BCUT2D eigenvalue weighted by molar-refractivity contribution is -0.137. The van der Waals surface area contributed by atoms with Crippen LogP contribution in [0.1, 0.15) is 25.8 Å². The van der Waals surface area contributed by atoms with E-state index < -0.39 is 5.97 Å². The third-order valence-corrected chi connectivity index (χ3v) is 4.00. The maximum atomic E-state index is 11.9. The van der Waals surface area contributed by atoms with Crippen molar-refractivity contribution in [2.75, 3.05) is 31.6 Å². The number of carboxylic acids is 1. The summed E-state index contributed by atoms with van der Waals surface area (Å²) in [4.78, 5) is 30.5. The lowest BCUT2D eigenvalue weighted by atomic mass is 10.2.